The van der Waals surface area contributed by atoms with Crippen LogP contribution in [0.2, 0.25) is 0 Å². The van der Waals surface area contributed by atoms with E-state index in [-0.39, 0.29) is 12.1 Å². The van der Waals surface area contributed by atoms with Gasteiger partial charge in [0, 0.05) is 44.9 Å². The Morgan fingerprint density at radius 1 is 1.00 bits per heavy atom. The lowest BCUT2D eigenvalue weighted by atomic mass is 10.1. The number of rotatable bonds is 11. The van der Waals surface area contributed by atoms with E-state index < -0.39 is 0 Å². The van der Waals surface area contributed by atoms with Gasteiger partial charge in [-0.1, -0.05) is 18.2 Å². The summed E-state index contributed by atoms with van der Waals surface area (Å²) in [6, 6.07) is 11.2. The van der Waals surface area contributed by atoms with Crippen LogP contribution < -0.4 is 24.3 Å². The van der Waals surface area contributed by atoms with Crippen LogP contribution in [0.25, 0.3) is 0 Å². The first-order valence-electron chi connectivity index (χ1n) is 11.5. The van der Waals surface area contributed by atoms with E-state index in [1.807, 2.05) is 24.3 Å². The molecule has 0 bridgehead atoms. The van der Waals surface area contributed by atoms with E-state index in [0.717, 1.165) is 24.4 Å². The zero-order chi connectivity index (χ0) is 25.2. The van der Waals surface area contributed by atoms with Crippen LogP contribution in [0.5, 0.6) is 23.0 Å². The lowest BCUT2D eigenvalue weighted by Gasteiger charge is -2.36. The van der Waals surface area contributed by atoms with Gasteiger partial charge in [-0.2, -0.15) is 0 Å². The Bertz CT molecular complexity index is 966. The molecule has 1 heterocycles. The number of anilines is 1. The maximum atomic E-state index is 12.9. The number of amides is 2. The van der Waals surface area contributed by atoms with Crippen LogP contribution in [0, 0.1) is 0 Å². The van der Waals surface area contributed by atoms with Gasteiger partial charge in [0.05, 0.1) is 46.8 Å². The first-order chi connectivity index (χ1) is 17.0. The van der Waals surface area contributed by atoms with Crippen molar-refractivity contribution in [3.05, 3.63) is 54.6 Å². The fraction of sp³-hybridized carbons (Fsp3) is 0.423. The van der Waals surface area contributed by atoms with Crippen molar-refractivity contribution >= 4 is 11.7 Å². The van der Waals surface area contributed by atoms with Crippen molar-refractivity contribution in [3.8, 4) is 23.0 Å². The fourth-order valence-electron chi connectivity index (χ4n) is 4.00. The number of nitrogens with one attached hydrogen (secondary N) is 1. The Kier molecular flexibility index (Phi) is 9.63. The molecule has 2 aromatic carbocycles. The number of hydrogen-bond donors (Lipinski definition) is 1. The fourth-order valence-corrected chi connectivity index (χ4v) is 4.00. The largest absolute Gasteiger partial charge is 0.497 e. The van der Waals surface area contributed by atoms with Crippen LogP contribution in [0.4, 0.5) is 10.5 Å². The van der Waals surface area contributed by atoms with Crippen LogP contribution in [0.3, 0.4) is 0 Å². The number of carbonyl (C=O) groups excluding carboxylic acids is 1. The van der Waals surface area contributed by atoms with Crippen LogP contribution >= 0.6 is 0 Å². The minimum Gasteiger partial charge on any atom is -0.497 e. The molecule has 1 atom stereocenters. The Morgan fingerprint density at radius 2 is 1.69 bits per heavy atom. The third-order valence-electron chi connectivity index (χ3n) is 5.88. The lowest BCUT2D eigenvalue weighted by Crippen LogP contribution is -2.50. The summed E-state index contributed by atoms with van der Waals surface area (Å²) in [5.74, 6) is 2.24. The molecule has 3 rings (SSSR count). The summed E-state index contributed by atoms with van der Waals surface area (Å²) in [7, 11) is 6.28. The molecule has 1 saturated heterocycles. The highest BCUT2D eigenvalue weighted by Gasteiger charge is 2.25. The number of carbonyl (C=O) groups is 1. The standard InChI is InChI=1S/C26H35N3O6/c1-6-14-35-24(19-8-7-9-21(15-19)31-2)18-28-10-12-29(13-11-28)26(30)27-20-16-22(32-3)25(34-5)23(17-20)33-4/h6-9,15-17,24H,1,10-14,18H2,2-5H3,(H,27,30)/t24-/m1/s1. The van der Waals surface area contributed by atoms with Crippen LogP contribution in [-0.4, -0.2) is 83.6 Å². The summed E-state index contributed by atoms with van der Waals surface area (Å²) in [6.07, 6.45) is 1.63. The van der Waals surface area contributed by atoms with Gasteiger partial charge in [-0.25, -0.2) is 4.79 Å². The summed E-state index contributed by atoms with van der Waals surface area (Å²) in [4.78, 5) is 17.0. The average Bonchev–Trinajstić information content (AvgIpc) is 2.90. The first kappa shape index (κ1) is 26.2. The predicted molar refractivity (Wildman–Crippen MR) is 135 cm³/mol. The predicted octanol–water partition coefficient (Wildman–Crippen LogP) is 3.81. The van der Waals surface area contributed by atoms with Gasteiger partial charge in [-0.3, -0.25) is 4.90 Å². The van der Waals surface area contributed by atoms with Gasteiger partial charge in [0.2, 0.25) is 5.75 Å². The Balaban J connectivity index is 1.60. The van der Waals surface area contributed by atoms with Crippen molar-refractivity contribution in [1.29, 1.82) is 0 Å². The molecule has 0 aromatic heterocycles. The summed E-state index contributed by atoms with van der Waals surface area (Å²) >= 11 is 0. The number of nitrogens with zero attached hydrogens (tertiary/aromatic N) is 2. The van der Waals surface area contributed by atoms with Crippen molar-refractivity contribution in [2.75, 3.05) is 73.1 Å². The highest BCUT2D eigenvalue weighted by Crippen LogP contribution is 2.40. The summed E-state index contributed by atoms with van der Waals surface area (Å²) in [5.41, 5.74) is 1.62. The average molecular weight is 486 g/mol. The van der Waals surface area contributed by atoms with E-state index in [1.165, 1.54) is 0 Å². The van der Waals surface area contributed by atoms with E-state index >= 15 is 0 Å². The molecule has 0 unspecified atom stereocenters. The zero-order valence-corrected chi connectivity index (χ0v) is 20.9. The minimum absolute atomic E-state index is 0.122. The molecule has 0 saturated carbocycles. The van der Waals surface area contributed by atoms with Gasteiger partial charge in [0.15, 0.2) is 11.5 Å². The molecule has 1 fully saturated rings. The van der Waals surface area contributed by atoms with Gasteiger partial charge in [-0.05, 0) is 17.7 Å². The summed E-state index contributed by atoms with van der Waals surface area (Å²) < 4.78 is 27.5. The second-order valence-corrected chi connectivity index (χ2v) is 8.02. The second-order valence-electron chi connectivity index (χ2n) is 8.02. The van der Waals surface area contributed by atoms with E-state index in [2.05, 4.69) is 16.8 Å². The summed E-state index contributed by atoms with van der Waals surface area (Å²) in [5, 5.41) is 2.94. The number of ether oxygens (including phenoxy) is 5. The third kappa shape index (κ3) is 6.80. The van der Waals surface area contributed by atoms with Gasteiger partial charge >= 0.3 is 6.03 Å². The number of hydrogen-bond acceptors (Lipinski definition) is 7. The molecule has 9 heteroatoms. The quantitative estimate of drug-likeness (QED) is 0.485. The molecule has 35 heavy (non-hydrogen) atoms. The monoisotopic (exact) mass is 485 g/mol. The minimum atomic E-state index is -0.175. The van der Waals surface area contributed by atoms with Crippen LogP contribution in [0.1, 0.15) is 11.7 Å². The van der Waals surface area contributed by atoms with Gasteiger partial charge in [0.25, 0.3) is 0 Å². The third-order valence-corrected chi connectivity index (χ3v) is 5.88. The molecule has 2 amide bonds. The van der Waals surface area contributed by atoms with Crippen molar-refractivity contribution in [3.63, 3.8) is 0 Å². The second kappa shape index (κ2) is 12.9. The molecular weight excluding hydrogens is 450 g/mol. The highest BCUT2D eigenvalue weighted by atomic mass is 16.5. The molecular formula is C26H35N3O6. The number of methoxy groups -OCH3 is 4. The summed E-state index contributed by atoms with van der Waals surface area (Å²) in [6.45, 7) is 7.61. The molecule has 2 aromatic rings. The topological polar surface area (TPSA) is 81.7 Å². The van der Waals surface area contributed by atoms with E-state index in [4.69, 9.17) is 23.7 Å². The van der Waals surface area contributed by atoms with Crippen molar-refractivity contribution in [2.24, 2.45) is 0 Å². The first-order valence-corrected chi connectivity index (χ1v) is 11.5. The van der Waals surface area contributed by atoms with Gasteiger partial charge in [0.1, 0.15) is 5.75 Å². The Hall–Kier alpha value is -3.43. The molecule has 190 valence electrons. The van der Waals surface area contributed by atoms with E-state index in [9.17, 15) is 4.79 Å². The van der Waals surface area contributed by atoms with Crippen molar-refractivity contribution in [2.45, 2.75) is 6.10 Å². The maximum absolute atomic E-state index is 12.9. The number of piperazine rings is 1. The molecule has 0 radical (unpaired) electrons. The molecule has 1 aliphatic heterocycles. The molecule has 1 N–H and O–H groups in total. The van der Waals surface area contributed by atoms with Gasteiger partial charge in [-0.15, -0.1) is 6.58 Å². The molecule has 1 aliphatic rings. The Morgan fingerprint density at radius 3 is 2.26 bits per heavy atom. The van der Waals surface area contributed by atoms with Gasteiger partial charge < -0.3 is 33.9 Å². The smallest absolute Gasteiger partial charge is 0.321 e. The highest BCUT2D eigenvalue weighted by molar-refractivity contribution is 5.90. The van der Waals surface area contributed by atoms with Crippen molar-refractivity contribution in [1.82, 2.24) is 9.80 Å². The maximum Gasteiger partial charge on any atom is 0.321 e. The SMILES string of the molecule is C=CCO[C@H](CN1CCN(C(=O)Nc2cc(OC)c(OC)c(OC)c2)CC1)c1cccc(OC)c1. The van der Waals surface area contributed by atoms with E-state index in [1.54, 1.807) is 51.5 Å². The van der Waals surface area contributed by atoms with Crippen LogP contribution in [0.15, 0.2) is 49.1 Å². The lowest BCUT2D eigenvalue weighted by molar-refractivity contribution is 0.0301. The Labute approximate surface area is 207 Å². The van der Waals surface area contributed by atoms with E-state index in [0.29, 0.717) is 49.2 Å². The van der Waals surface area contributed by atoms with Crippen LogP contribution in [-0.2, 0) is 4.74 Å². The molecule has 9 nitrogen and oxygen atoms in total. The number of urea groups is 1. The van der Waals surface area contributed by atoms with Crippen molar-refractivity contribution < 1.29 is 28.5 Å². The normalized spacial score (nSPS) is 14.7. The molecule has 0 spiro atoms. The molecule has 0 aliphatic carbocycles. The number of benzene rings is 2. The zero-order valence-electron chi connectivity index (χ0n) is 20.9.